The first-order valence-corrected chi connectivity index (χ1v) is 7.43. The van der Waals surface area contributed by atoms with Crippen LogP contribution in [0.15, 0.2) is 18.2 Å². The number of nitrogens with one attached hydrogen (secondary N) is 1. The van der Waals surface area contributed by atoms with Crippen LogP contribution in [0.25, 0.3) is 0 Å². The lowest BCUT2D eigenvalue weighted by molar-refractivity contribution is -0.141. The predicted octanol–water partition coefficient (Wildman–Crippen LogP) is 1.68. The number of urea groups is 1. The van der Waals surface area contributed by atoms with Crippen molar-refractivity contribution in [3.05, 3.63) is 35.4 Å². The number of carbonyl (C=O) groups is 2. The molecule has 1 atom stereocenters. The summed E-state index contributed by atoms with van der Waals surface area (Å²) in [5.74, 6) is -1.53. The van der Waals surface area contributed by atoms with Crippen LogP contribution in [0.4, 0.5) is 13.6 Å². The lowest BCUT2D eigenvalue weighted by Crippen LogP contribution is -2.53. The van der Waals surface area contributed by atoms with Crippen molar-refractivity contribution in [1.82, 2.24) is 10.2 Å². The molecule has 21 heavy (non-hydrogen) atoms. The van der Waals surface area contributed by atoms with Crippen molar-refractivity contribution in [2.75, 3.05) is 18.1 Å². The van der Waals surface area contributed by atoms with E-state index in [2.05, 4.69) is 5.32 Å². The summed E-state index contributed by atoms with van der Waals surface area (Å²) >= 11 is 1.47. The normalized spacial score (nSPS) is 18.4. The molecule has 1 heterocycles. The molecule has 1 fully saturated rings. The van der Waals surface area contributed by atoms with E-state index in [4.69, 9.17) is 5.11 Å². The quantitative estimate of drug-likeness (QED) is 0.890. The second-order valence-electron chi connectivity index (χ2n) is 4.52. The summed E-state index contributed by atoms with van der Waals surface area (Å²) in [6.45, 7) is 0.195. The number of carboxylic acid groups (broad SMARTS) is 1. The van der Waals surface area contributed by atoms with Gasteiger partial charge < -0.3 is 15.3 Å². The van der Waals surface area contributed by atoms with Gasteiger partial charge in [0.2, 0.25) is 0 Å². The van der Waals surface area contributed by atoms with Gasteiger partial charge in [0.05, 0.1) is 0 Å². The molecule has 1 unspecified atom stereocenters. The first-order valence-electron chi connectivity index (χ1n) is 6.28. The monoisotopic (exact) mass is 316 g/mol. The van der Waals surface area contributed by atoms with Crippen LogP contribution in [0.3, 0.4) is 0 Å². The topological polar surface area (TPSA) is 69.6 Å². The van der Waals surface area contributed by atoms with E-state index in [1.54, 1.807) is 0 Å². The van der Waals surface area contributed by atoms with Crippen molar-refractivity contribution in [3.63, 3.8) is 0 Å². The minimum absolute atomic E-state index is 0.124. The zero-order chi connectivity index (χ0) is 15.4. The van der Waals surface area contributed by atoms with Gasteiger partial charge in [-0.05, 0) is 6.07 Å². The first-order chi connectivity index (χ1) is 9.99. The Hall–Kier alpha value is -1.83. The molecule has 2 N–H and O–H groups in total. The number of aliphatic carboxylic acids is 1. The van der Waals surface area contributed by atoms with Crippen LogP contribution in [-0.2, 0) is 11.3 Å². The molecule has 0 saturated carbocycles. The molecule has 8 heteroatoms. The van der Waals surface area contributed by atoms with Crippen molar-refractivity contribution in [1.29, 1.82) is 0 Å². The maximum absolute atomic E-state index is 13.4. The lowest BCUT2D eigenvalue weighted by atomic mass is 10.2. The van der Waals surface area contributed by atoms with Gasteiger partial charge >= 0.3 is 12.0 Å². The second-order valence-corrected chi connectivity index (χ2v) is 5.67. The molecule has 1 aromatic carbocycles. The van der Waals surface area contributed by atoms with Gasteiger partial charge in [0.1, 0.15) is 17.7 Å². The maximum atomic E-state index is 13.4. The highest BCUT2D eigenvalue weighted by Gasteiger charge is 2.32. The summed E-state index contributed by atoms with van der Waals surface area (Å²) in [5.41, 5.74) is 0.142. The van der Waals surface area contributed by atoms with Crippen LogP contribution in [0.2, 0.25) is 0 Å². The first kappa shape index (κ1) is 15.6. The third kappa shape index (κ3) is 3.84. The molecular formula is C13H14F2N2O3S. The summed E-state index contributed by atoms with van der Waals surface area (Å²) in [5, 5.41) is 11.5. The zero-order valence-corrected chi connectivity index (χ0v) is 11.8. The number of hydrogen-bond donors (Lipinski definition) is 2. The average Bonchev–Trinajstić information content (AvgIpc) is 2.46. The maximum Gasteiger partial charge on any atom is 0.327 e. The third-order valence-corrected chi connectivity index (χ3v) is 4.14. The van der Waals surface area contributed by atoms with E-state index in [0.717, 1.165) is 12.1 Å². The zero-order valence-electron chi connectivity index (χ0n) is 11.0. The van der Waals surface area contributed by atoms with Crippen LogP contribution in [-0.4, -0.2) is 46.1 Å². The molecule has 0 aromatic heterocycles. The van der Waals surface area contributed by atoms with Crippen LogP contribution in [0.1, 0.15) is 5.56 Å². The second kappa shape index (κ2) is 6.75. The molecule has 1 aromatic rings. The molecule has 1 aliphatic heterocycles. The van der Waals surface area contributed by atoms with Gasteiger partial charge in [0.15, 0.2) is 0 Å². The van der Waals surface area contributed by atoms with Gasteiger partial charge in [-0.2, -0.15) is 11.8 Å². The number of nitrogens with zero attached hydrogens (tertiary/aromatic N) is 1. The molecule has 2 amide bonds. The fourth-order valence-corrected chi connectivity index (χ4v) is 3.03. The van der Waals surface area contributed by atoms with E-state index in [9.17, 15) is 18.4 Å². The smallest absolute Gasteiger partial charge is 0.327 e. The minimum Gasteiger partial charge on any atom is -0.480 e. The van der Waals surface area contributed by atoms with Crippen molar-refractivity contribution >= 4 is 23.8 Å². The number of amides is 2. The number of hydrogen-bond acceptors (Lipinski definition) is 3. The Labute approximate surface area is 124 Å². The number of halogens is 2. The Morgan fingerprint density at radius 1 is 1.43 bits per heavy atom. The molecular weight excluding hydrogens is 302 g/mol. The van der Waals surface area contributed by atoms with E-state index < -0.39 is 29.7 Å². The van der Waals surface area contributed by atoms with E-state index in [-0.39, 0.29) is 12.1 Å². The fraction of sp³-hybridized carbons (Fsp3) is 0.385. The summed E-state index contributed by atoms with van der Waals surface area (Å²) in [6.07, 6.45) is 0. The molecule has 1 saturated heterocycles. The molecule has 5 nitrogen and oxygen atoms in total. The van der Waals surface area contributed by atoms with Crippen LogP contribution in [0.5, 0.6) is 0 Å². The van der Waals surface area contributed by atoms with Crippen molar-refractivity contribution in [2.24, 2.45) is 0 Å². The summed E-state index contributed by atoms with van der Waals surface area (Å²) in [6, 6.07) is 1.63. The number of thioether (sulfide) groups is 1. The summed E-state index contributed by atoms with van der Waals surface area (Å²) < 4.78 is 26.2. The molecule has 0 spiro atoms. The molecule has 0 bridgehead atoms. The largest absolute Gasteiger partial charge is 0.480 e. The van der Waals surface area contributed by atoms with E-state index >= 15 is 0 Å². The lowest BCUT2D eigenvalue weighted by Gasteiger charge is -2.32. The van der Waals surface area contributed by atoms with Gasteiger partial charge in [-0.15, -0.1) is 0 Å². The van der Waals surface area contributed by atoms with Crippen molar-refractivity contribution in [2.45, 2.75) is 12.6 Å². The number of carbonyl (C=O) groups excluding carboxylic acids is 1. The van der Waals surface area contributed by atoms with E-state index in [1.807, 2.05) is 0 Å². The van der Waals surface area contributed by atoms with Crippen LogP contribution >= 0.6 is 11.8 Å². The minimum atomic E-state index is -1.06. The van der Waals surface area contributed by atoms with Gasteiger partial charge in [-0.1, -0.05) is 6.07 Å². The highest BCUT2D eigenvalue weighted by molar-refractivity contribution is 7.99. The summed E-state index contributed by atoms with van der Waals surface area (Å²) in [4.78, 5) is 24.3. The van der Waals surface area contributed by atoms with Crippen molar-refractivity contribution < 1.29 is 23.5 Å². The molecule has 0 radical (unpaired) electrons. The number of rotatable bonds is 3. The number of benzene rings is 1. The third-order valence-electron chi connectivity index (χ3n) is 3.12. The SMILES string of the molecule is O=C(O)C1CSCCN1C(=O)NCc1ccc(F)cc1F. The Morgan fingerprint density at radius 2 is 2.19 bits per heavy atom. The Morgan fingerprint density at radius 3 is 2.86 bits per heavy atom. The molecule has 2 rings (SSSR count). The van der Waals surface area contributed by atoms with E-state index in [0.29, 0.717) is 18.1 Å². The molecule has 0 aliphatic carbocycles. The van der Waals surface area contributed by atoms with E-state index in [1.165, 1.54) is 22.7 Å². The highest BCUT2D eigenvalue weighted by atomic mass is 32.2. The Kier molecular flexibility index (Phi) is 5.00. The van der Waals surface area contributed by atoms with Crippen LogP contribution in [0, 0.1) is 11.6 Å². The highest BCUT2D eigenvalue weighted by Crippen LogP contribution is 2.17. The van der Waals surface area contributed by atoms with Crippen LogP contribution < -0.4 is 5.32 Å². The van der Waals surface area contributed by atoms with Gasteiger partial charge in [-0.3, -0.25) is 0 Å². The Bertz CT molecular complexity index is 556. The standard InChI is InChI=1S/C13H14F2N2O3S/c14-9-2-1-8(10(15)5-9)6-16-13(20)17-3-4-21-7-11(17)12(18)19/h1-2,5,11H,3-4,6-7H2,(H,16,20)(H,18,19). The molecule has 114 valence electrons. The van der Waals surface area contributed by atoms with Gasteiger partial charge in [0.25, 0.3) is 0 Å². The van der Waals surface area contributed by atoms with Gasteiger partial charge in [0, 0.05) is 36.2 Å². The predicted molar refractivity (Wildman–Crippen MR) is 74.0 cm³/mol. The Balaban J connectivity index is 1.98. The van der Waals surface area contributed by atoms with Crippen molar-refractivity contribution in [3.8, 4) is 0 Å². The number of carboxylic acids is 1. The fourth-order valence-electron chi connectivity index (χ4n) is 1.99. The van der Waals surface area contributed by atoms with Gasteiger partial charge in [-0.25, -0.2) is 18.4 Å². The molecule has 1 aliphatic rings. The summed E-state index contributed by atoms with van der Waals surface area (Å²) in [7, 11) is 0. The average molecular weight is 316 g/mol.